The van der Waals surface area contributed by atoms with Crippen LogP contribution in [-0.2, 0) is 0 Å². The fourth-order valence-corrected chi connectivity index (χ4v) is 3.97. The van der Waals surface area contributed by atoms with E-state index in [4.69, 9.17) is 9.47 Å². The lowest BCUT2D eigenvalue weighted by molar-refractivity contribution is 0.371. The van der Waals surface area contributed by atoms with E-state index < -0.39 is 0 Å². The summed E-state index contributed by atoms with van der Waals surface area (Å²) < 4.78 is 12.0. The molecule has 0 aromatic heterocycles. The summed E-state index contributed by atoms with van der Waals surface area (Å²) in [6, 6.07) is 4.74. The lowest BCUT2D eigenvalue weighted by Crippen LogP contribution is -2.30. The van der Waals surface area contributed by atoms with Crippen LogP contribution < -0.4 is 14.8 Å². The zero-order chi connectivity index (χ0) is 15.4. The minimum atomic E-state index is 0.538. The maximum atomic E-state index is 5.66. The van der Waals surface area contributed by atoms with Gasteiger partial charge in [-0.25, -0.2) is 0 Å². The number of hydrogen-bond donors (Lipinski definition) is 1. The molecule has 3 nitrogen and oxygen atoms in total. The molecule has 4 heteroatoms. The fourth-order valence-electron chi connectivity index (χ4n) is 3.29. The van der Waals surface area contributed by atoms with Gasteiger partial charge < -0.3 is 14.8 Å². The van der Waals surface area contributed by atoms with Crippen molar-refractivity contribution in [3.05, 3.63) is 22.2 Å². The molecule has 1 aliphatic rings. The molecule has 2 atom stereocenters. The van der Waals surface area contributed by atoms with Crippen molar-refractivity contribution in [1.29, 1.82) is 0 Å². The second-order valence-corrected chi connectivity index (χ2v) is 6.86. The highest BCUT2D eigenvalue weighted by Crippen LogP contribution is 2.47. The van der Waals surface area contributed by atoms with E-state index in [1.54, 1.807) is 14.2 Å². The molecule has 1 fully saturated rings. The van der Waals surface area contributed by atoms with Crippen LogP contribution in [0.5, 0.6) is 11.5 Å². The lowest BCUT2D eigenvalue weighted by atomic mass is 9.88. The van der Waals surface area contributed by atoms with Crippen molar-refractivity contribution < 1.29 is 9.47 Å². The zero-order valence-electron chi connectivity index (χ0n) is 13.4. The first-order valence-electron chi connectivity index (χ1n) is 7.72. The first kappa shape index (κ1) is 16.6. The highest BCUT2D eigenvalue weighted by atomic mass is 79.9. The van der Waals surface area contributed by atoms with Crippen LogP contribution in [0.4, 0.5) is 0 Å². The zero-order valence-corrected chi connectivity index (χ0v) is 15.0. The molecule has 0 spiro atoms. The van der Waals surface area contributed by atoms with Gasteiger partial charge in [0.2, 0.25) is 0 Å². The Hall–Kier alpha value is -0.740. The Labute approximate surface area is 136 Å². The van der Waals surface area contributed by atoms with Crippen molar-refractivity contribution >= 4 is 15.9 Å². The Balaban J connectivity index is 2.25. The Morgan fingerprint density at radius 1 is 1.24 bits per heavy atom. The Morgan fingerprint density at radius 2 is 2.00 bits per heavy atom. The monoisotopic (exact) mass is 355 g/mol. The van der Waals surface area contributed by atoms with Crippen molar-refractivity contribution in [2.45, 2.75) is 45.1 Å². The van der Waals surface area contributed by atoms with Crippen LogP contribution in [0, 0.1) is 5.92 Å². The molecule has 0 heterocycles. The Kier molecular flexibility index (Phi) is 5.94. The van der Waals surface area contributed by atoms with E-state index in [0.29, 0.717) is 17.9 Å². The summed E-state index contributed by atoms with van der Waals surface area (Å²) >= 11 is 3.62. The van der Waals surface area contributed by atoms with Gasteiger partial charge in [0, 0.05) is 6.04 Å². The summed E-state index contributed by atoms with van der Waals surface area (Å²) in [7, 11) is 3.42. The van der Waals surface area contributed by atoms with E-state index >= 15 is 0 Å². The molecule has 2 rings (SSSR count). The molecule has 1 aromatic rings. The summed E-state index contributed by atoms with van der Waals surface area (Å²) in [5.74, 6) is 3.00. The predicted octanol–water partition coefficient (Wildman–Crippen LogP) is 4.35. The van der Waals surface area contributed by atoms with E-state index in [1.807, 2.05) is 6.07 Å². The molecule has 1 saturated carbocycles. The number of benzene rings is 1. The van der Waals surface area contributed by atoms with E-state index in [-0.39, 0.29) is 0 Å². The van der Waals surface area contributed by atoms with Gasteiger partial charge in [0.1, 0.15) is 16.0 Å². The second-order valence-electron chi connectivity index (χ2n) is 6.06. The largest absolute Gasteiger partial charge is 0.495 e. The maximum absolute atomic E-state index is 5.66. The molecule has 118 valence electrons. The average molecular weight is 356 g/mol. The highest BCUT2D eigenvalue weighted by molar-refractivity contribution is 9.10. The van der Waals surface area contributed by atoms with Crippen molar-refractivity contribution in [3.8, 4) is 11.5 Å². The number of hydrogen-bond acceptors (Lipinski definition) is 3. The standard InChI is InChI=1S/C17H26BrNO2/c1-11(2)19-10-12-6-5-7-13(12)14-8-9-15(20-3)16(18)17(14)21-4/h8-9,11-13,19H,5-7,10H2,1-4H3. The molecule has 0 aliphatic heterocycles. The van der Waals surface area contributed by atoms with E-state index in [2.05, 4.69) is 41.2 Å². The third kappa shape index (κ3) is 3.72. The minimum Gasteiger partial charge on any atom is -0.495 e. The van der Waals surface area contributed by atoms with Crippen LogP contribution >= 0.6 is 15.9 Å². The van der Waals surface area contributed by atoms with E-state index in [9.17, 15) is 0 Å². The summed E-state index contributed by atoms with van der Waals surface area (Å²) in [6.45, 7) is 5.48. The number of halogens is 1. The first-order valence-corrected chi connectivity index (χ1v) is 8.51. The molecule has 21 heavy (non-hydrogen) atoms. The molecule has 1 aromatic carbocycles. The quantitative estimate of drug-likeness (QED) is 0.822. The van der Waals surface area contributed by atoms with Crippen LogP contribution in [-0.4, -0.2) is 26.8 Å². The van der Waals surface area contributed by atoms with Gasteiger partial charge in [0.05, 0.1) is 14.2 Å². The molecular weight excluding hydrogens is 330 g/mol. The molecule has 0 bridgehead atoms. The van der Waals surface area contributed by atoms with Crippen LogP contribution in [0.1, 0.15) is 44.6 Å². The Bertz CT molecular complexity index is 476. The SMILES string of the molecule is COc1ccc(C2CCCC2CNC(C)C)c(OC)c1Br. The number of nitrogens with one attached hydrogen (secondary N) is 1. The normalized spacial score (nSPS) is 21.8. The smallest absolute Gasteiger partial charge is 0.140 e. The van der Waals surface area contributed by atoms with Gasteiger partial charge in [-0.1, -0.05) is 26.3 Å². The molecule has 0 radical (unpaired) electrons. The third-order valence-electron chi connectivity index (χ3n) is 4.36. The van der Waals surface area contributed by atoms with Crippen LogP contribution in [0.15, 0.2) is 16.6 Å². The van der Waals surface area contributed by atoms with E-state index in [1.165, 1.54) is 24.8 Å². The highest BCUT2D eigenvalue weighted by Gasteiger charge is 2.31. The summed E-state index contributed by atoms with van der Waals surface area (Å²) in [5.41, 5.74) is 1.30. The van der Waals surface area contributed by atoms with Gasteiger partial charge in [-0.15, -0.1) is 0 Å². The maximum Gasteiger partial charge on any atom is 0.140 e. The summed E-state index contributed by atoms with van der Waals surface area (Å²) in [4.78, 5) is 0. The summed E-state index contributed by atoms with van der Waals surface area (Å²) in [6.07, 6.45) is 3.82. The molecule has 0 saturated heterocycles. The number of rotatable bonds is 6. The Morgan fingerprint density at radius 3 is 2.62 bits per heavy atom. The fraction of sp³-hybridized carbons (Fsp3) is 0.647. The molecular formula is C17H26BrNO2. The molecule has 1 aliphatic carbocycles. The van der Waals surface area contributed by atoms with Gasteiger partial charge in [-0.3, -0.25) is 0 Å². The lowest BCUT2D eigenvalue weighted by Gasteiger charge is -2.24. The van der Waals surface area contributed by atoms with Gasteiger partial charge >= 0.3 is 0 Å². The average Bonchev–Trinajstić information content (AvgIpc) is 2.92. The minimum absolute atomic E-state index is 0.538. The van der Waals surface area contributed by atoms with Gasteiger partial charge in [-0.05, 0) is 58.8 Å². The van der Waals surface area contributed by atoms with Crippen molar-refractivity contribution in [1.82, 2.24) is 5.32 Å². The van der Waals surface area contributed by atoms with Crippen molar-refractivity contribution in [2.75, 3.05) is 20.8 Å². The number of ether oxygens (including phenoxy) is 2. The van der Waals surface area contributed by atoms with Gasteiger partial charge in [0.15, 0.2) is 0 Å². The topological polar surface area (TPSA) is 30.5 Å². The summed E-state index contributed by atoms with van der Waals surface area (Å²) in [5, 5.41) is 3.58. The van der Waals surface area contributed by atoms with Gasteiger partial charge in [-0.2, -0.15) is 0 Å². The van der Waals surface area contributed by atoms with Crippen LogP contribution in [0.2, 0.25) is 0 Å². The number of methoxy groups -OCH3 is 2. The molecule has 2 unspecified atom stereocenters. The first-order chi connectivity index (χ1) is 10.1. The van der Waals surface area contributed by atoms with Crippen molar-refractivity contribution in [2.24, 2.45) is 5.92 Å². The predicted molar refractivity (Wildman–Crippen MR) is 90.5 cm³/mol. The van der Waals surface area contributed by atoms with E-state index in [0.717, 1.165) is 22.5 Å². The second kappa shape index (κ2) is 7.50. The molecule has 1 N–H and O–H groups in total. The van der Waals surface area contributed by atoms with Gasteiger partial charge in [0.25, 0.3) is 0 Å². The van der Waals surface area contributed by atoms with Crippen LogP contribution in [0.25, 0.3) is 0 Å². The third-order valence-corrected chi connectivity index (χ3v) is 5.11. The van der Waals surface area contributed by atoms with Crippen LogP contribution in [0.3, 0.4) is 0 Å². The molecule has 0 amide bonds. The van der Waals surface area contributed by atoms with Crippen molar-refractivity contribution in [3.63, 3.8) is 0 Å².